The summed E-state index contributed by atoms with van der Waals surface area (Å²) < 4.78 is 10.7. The lowest BCUT2D eigenvalue weighted by Gasteiger charge is -2.34. The zero-order chi connectivity index (χ0) is 33.8. The number of hydrogen-bond acceptors (Lipinski definition) is 7. The fraction of sp³-hybridized carbons (Fsp3) is 0.667. The number of rotatable bonds is 15. The van der Waals surface area contributed by atoms with Crippen LogP contribution in [-0.2, 0) is 35.3 Å². The van der Waals surface area contributed by atoms with Gasteiger partial charge >= 0.3 is 12.1 Å². The number of hydrogen-bond donors (Lipinski definition) is 3. The molecule has 1 aromatic carbocycles. The summed E-state index contributed by atoms with van der Waals surface area (Å²) in [6.45, 7) is 18.1. The lowest BCUT2D eigenvalue weighted by Crippen LogP contribution is -2.59. The molecule has 3 N–H and O–H groups in total. The highest BCUT2D eigenvalue weighted by atomic mass is 16.6. The van der Waals surface area contributed by atoms with Crippen LogP contribution in [0.25, 0.3) is 0 Å². The standard InChI is InChI=1S/C33H54N4O7/c1-20(2)17-25(35-32(42)44-33(8,9)10)28(38)36-27(22(5)6)30(40)37(11)26(18-21(3)4)29(39)34-23(7)31(41)43-19-24-15-13-12-14-16-24/h12-16,20-23,25-27H,17-19H2,1-11H3,(H,34,39)(H,35,42)(H,36,38)/t23-,25-,26-,27-/m0/s1. The number of carbonyl (C=O) groups is 5. The molecule has 0 aliphatic heterocycles. The quantitative estimate of drug-likeness (QED) is 0.250. The second kappa shape index (κ2) is 17.6. The molecule has 44 heavy (non-hydrogen) atoms. The molecule has 4 atom stereocenters. The number of benzene rings is 1. The lowest BCUT2D eigenvalue weighted by molar-refractivity contribution is -0.150. The third-order valence-electron chi connectivity index (χ3n) is 6.69. The Labute approximate surface area is 263 Å². The van der Waals surface area contributed by atoms with Crippen molar-refractivity contribution in [2.75, 3.05) is 7.05 Å². The second-order valence-corrected chi connectivity index (χ2v) is 13.5. The van der Waals surface area contributed by atoms with E-state index in [-0.39, 0.29) is 24.4 Å². The summed E-state index contributed by atoms with van der Waals surface area (Å²) in [5, 5.41) is 8.12. The predicted octanol–water partition coefficient (Wildman–Crippen LogP) is 4.19. The molecule has 248 valence electrons. The first-order valence-electron chi connectivity index (χ1n) is 15.4. The van der Waals surface area contributed by atoms with Gasteiger partial charge in [0.15, 0.2) is 0 Å². The summed E-state index contributed by atoms with van der Waals surface area (Å²) >= 11 is 0. The van der Waals surface area contributed by atoms with E-state index in [1.807, 2.05) is 58.0 Å². The summed E-state index contributed by atoms with van der Waals surface area (Å²) in [5.74, 6) is -2.31. The van der Waals surface area contributed by atoms with Crippen LogP contribution in [0.2, 0.25) is 0 Å². The van der Waals surface area contributed by atoms with Crippen molar-refractivity contribution in [3.8, 4) is 0 Å². The summed E-state index contributed by atoms with van der Waals surface area (Å²) in [6.07, 6.45) is -0.0707. The van der Waals surface area contributed by atoms with Crippen LogP contribution in [0.5, 0.6) is 0 Å². The van der Waals surface area contributed by atoms with Gasteiger partial charge in [0, 0.05) is 7.05 Å². The van der Waals surface area contributed by atoms with Gasteiger partial charge in [0.25, 0.3) is 0 Å². The van der Waals surface area contributed by atoms with Crippen LogP contribution < -0.4 is 16.0 Å². The first-order chi connectivity index (χ1) is 20.3. The highest BCUT2D eigenvalue weighted by Crippen LogP contribution is 2.16. The van der Waals surface area contributed by atoms with Gasteiger partial charge in [-0.2, -0.15) is 0 Å². The van der Waals surface area contributed by atoms with Gasteiger partial charge in [-0.1, -0.05) is 71.9 Å². The molecule has 0 bridgehead atoms. The Bertz CT molecular complexity index is 1100. The normalized spacial score (nSPS) is 14.3. The Morgan fingerprint density at radius 1 is 0.795 bits per heavy atom. The summed E-state index contributed by atoms with van der Waals surface area (Å²) in [6, 6.07) is 5.45. The number of esters is 1. The zero-order valence-corrected chi connectivity index (χ0v) is 28.4. The molecule has 11 heteroatoms. The van der Waals surface area contributed by atoms with Gasteiger partial charge in [-0.25, -0.2) is 9.59 Å². The molecule has 0 spiro atoms. The number of alkyl carbamates (subject to hydrolysis) is 1. The van der Waals surface area contributed by atoms with Crippen LogP contribution in [0, 0.1) is 17.8 Å². The van der Waals surface area contributed by atoms with Gasteiger partial charge in [0.1, 0.15) is 36.4 Å². The number of ether oxygens (including phenoxy) is 2. The smallest absolute Gasteiger partial charge is 0.408 e. The van der Waals surface area contributed by atoms with Crippen molar-refractivity contribution in [3.63, 3.8) is 0 Å². The molecular formula is C33H54N4O7. The fourth-order valence-electron chi connectivity index (χ4n) is 4.40. The minimum Gasteiger partial charge on any atom is -0.459 e. The third kappa shape index (κ3) is 13.8. The van der Waals surface area contributed by atoms with Crippen LogP contribution in [0.3, 0.4) is 0 Å². The maximum atomic E-state index is 13.8. The maximum Gasteiger partial charge on any atom is 0.408 e. The Balaban J connectivity index is 3.05. The van der Waals surface area contributed by atoms with Crippen molar-refractivity contribution in [1.82, 2.24) is 20.9 Å². The fourth-order valence-corrected chi connectivity index (χ4v) is 4.40. The van der Waals surface area contributed by atoms with Crippen LogP contribution in [-0.4, -0.2) is 71.5 Å². The first-order valence-corrected chi connectivity index (χ1v) is 15.4. The van der Waals surface area contributed by atoms with Crippen molar-refractivity contribution < 1.29 is 33.4 Å². The maximum absolute atomic E-state index is 13.8. The van der Waals surface area contributed by atoms with Gasteiger partial charge in [-0.3, -0.25) is 14.4 Å². The summed E-state index contributed by atoms with van der Waals surface area (Å²) in [7, 11) is 1.51. The molecule has 4 amide bonds. The molecule has 0 saturated carbocycles. The molecule has 0 saturated heterocycles. The van der Waals surface area contributed by atoms with Gasteiger partial charge in [0.05, 0.1) is 0 Å². The van der Waals surface area contributed by atoms with Gasteiger partial charge < -0.3 is 30.3 Å². The molecule has 0 radical (unpaired) electrons. The third-order valence-corrected chi connectivity index (χ3v) is 6.69. The van der Waals surface area contributed by atoms with Gasteiger partial charge in [-0.15, -0.1) is 0 Å². The van der Waals surface area contributed by atoms with Crippen molar-refractivity contribution in [1.29, 1.82) is 0 Å². The highest BCUT2D eigenvalue weighted by Gasteiger charge is 2.36. The molecule has 0 fully saturated rings. The van der Waals surface area contributed by atoms with Crippen LogP contribution in [0.1, 0.15) is 87.6 Å². The van der Waals surface area contributed by atoms with E-state index in [1.54, 1.807) is 34.6 Å². The number of nitrogens with zero attached hydrogens (tertiary/aromatic N) is 1. The number of likely N-dealkylation sites (N-methyl/N-ethyl adjacent to an activating group) is 1. The topological polar surface area (TPSA) is 143 Å². The van der Waals surface area contributed by atoms with E-state index in [0.29, 0.717) is 12.8 Å². The average molecular weight is 619 g/mol. The predicted molar refractivity (Wildman–Crippen MR) is 169 cm³/mol. The van der Waals surface area contributed by atoms with Crippen molar-refractivity contribution in [3.05, 3.63) is 35.9 Å². The van der Waals surface area contributed by atoms with E-state index in [2.05, 4.69) is 16.0 Å². The minimum atomic E-state index is -0.974. The van der Waals surface area contributed by atoms with Crippen LogP contribution >= 0.6 is 0 Å². The summed E-state index contributed by atoms with van der Waals surface area (Å²) in [4.78, 5) is 67.0. The Hall–Kier alpha value is -3.63. The van der Waals surface area contributed by atoms with Crippen molar-refractivity contribution >= 4 is 29.8 Å². The summed E-state index contributed by atoms with van der Waals surface area (Å²) in [5.41, 5.74) is 0.0746. The molecule has 11 nitrogen and oxygen atoms in total. The van der Waals surface area contributed by atoms with Crippen molar-refractivity contribution in [2.24, 2.45) is 17.8 Å². The second-order valence-electron chi connectivity index (χ2n) is 13.5. The SMILES string of the molecule is CC(C)C[C@H](NC(=O)OC(C)(C)C)C(=O)N[C@H](C(=O)N(C)[C@@H](CC(C)C)C(=O)N[C@@H](C)C(=O)OCc1ccccc1)C(C)C. The Kier molecular flexibility index (Phi) is 15.4. The lowest BCUT2D eigenvalue weighted by atomic mass is 9.97. The molecular weight excluding hydrogens is 564 g/mol. The molecule has 0 unspecified atom stereocenters. The van der Waals surface area contributed by atoms with E-state index in [9.17, 15) is 24.0 Å². The molecule has 0 aliphatic carbocycles. The van der Waals surface area contributed by atoms with Crippen LogP contribution in [0.15, 0.2) is 30.3 Å². The van der Waals surface area contributed by atoms with E-state index in [4.69, 9.17) is 9.47 Å². The molecule has 0 aliphatic rings. The number of nitrogens with one attached hydrogen (secondary N) is 3. The first kappa shape index (κ1) is 38.4. The van der Waals surface area contributed by atoms with E-state index < -0.39 is 59.6 Å². The minimum absolute atomic E-state index is 0.0434. The number of amides is 4. The molecule has 1 aromatic rings. The number of carbonyl (C=O) groups excluding carboxylic acids is 5. The average Bonchev–Trinajstić information content (AvgIpc) is 2.90. The van der Waals surface area contributed by atoms with E-state index >= 15 is 0 Å². The largest absolute Gasteiger partial charge is 0.459 e. The van der Waals surface area contributed by atoms with Gasteiger partial charge in [0.2, 0.25) is 17.7 Å². The Morgan fingerprint density at radius 3 is 1.86 bits per heavy atom. The van der Waals surface area contributed by atoms with Crippen LogP contribution in [0.4, 0.5) is 4.79 Å². The van der Waals surface area contributed by atoms with E-state index in [1.165, 1.54) is 18.9 Å². The zero-order valence-electron chi connectivity index (χ0n) is 28.4. The Morgan fingerprint density at radius 2 is 1.36 bits per heavy atom. The molecule has 0 aromatic heterocycles. The molecule has 0 heterocycles. The van der Waals surface area contributed by atoms with E-state index in [0.717, 1.165) is 5.56 Å². The highest BCUT2D eigenvalue weighted by molar-refractivity contribution is 5.94. The van der Waals surface area contributed by atoms with Crippen molar-refractivity contribution in [2.45, 2.75) is 118 Å². The molecule has 1 rings (SSSR count). The van der Waals surface area contributed by atoms with Gasteiger partial charge in [-0.05, 0) is 63.9 Å². The monoisotopic (exact) mass is 618 g/mol.